The molecule has 1 aliphatic carbocycles. The van der Waals surface area contributed by atoms with Crippen molar-refractivity contribution in [1.82, 2.24) is 9.80 Å². The highest BCUT2D eigenvalue weighted by atomic mass is 35.5. The molecule has 19 heavy (non-hydrogen) atoms. The minimum Gasteiger partial charge on any atom is -0.339 e. The van der Waals surface area contributed by atoms with Gasteiger partial charge in [0, 0.05) is 32.2 Å². The maximum Gasteiger partial charge on any atom is 0.239 e. The van der Waals surface area contributed by atoms with Gasteiger partial charge in [-0.25, -0.2) is 0 Å². The van der Waals surface area contributed by atoms with Gasteiger partial charge in [-0.05, 0) is 18.8 Å². The first-order valence-electron chi connectivity index (χ1n) is 7.38. The van der Waals surface area contributed by atoms with Crippen LogP contribution in [-0.2, 0) is 4.79 Å². The molecule has 1 aliphatic heterocycles. The van der Waals surface area contributed by atoms with Crippen LogP contribution in [0.1, 0.15) is 39.5 Å². The van der Waals surface area contributed by atoms with Gasteiger partial charge in [-0.3, -0.25) is 9.69 Å². The van der Waals surface area contributed by atoms with Crippen LogP contribution in [0.25, 0.3) is 0 Å². The molecule has 0 unspecified atom stereocenters. The Labute approximate surface area is 123 Å². The smallest absolute Gasteiger partial charge is 0.239 e. The molecule has 0 spiro atoms. The second kappa shape index (κ2) is 7.46. The second-order valence-electron chi connectivity index (χ2n) is 6.07. The number of amides is 1. The van der Waals surface area contributed by atoms with Crippen molar-refractivity contribution in [3.8, 4) is 0 Å². The molecule has 112 valence electrons. The van der Waals surface area contributed by atoms with Crippen molar-refractivity contribution in [2.45, 2.75) is 51.6 Å². The lowest BCUT2D eigenvalue weighted by Gasteiger charge is -2.39. The number of hydrogen-bond acceptors (Lipinski definition) is 3. The van der Waals surface area contributed by atoms with Crippen molar-refractivity contribution in [2.75, 3.05) is 26.2 Å². The van der Waals surface area contributed by atoms with Gasteiger partial charge in [-0.2, -0.15) is 0 Å². The molecule has 0 aromatic carbocycles. The van der Waals surface area contributed by atoms with Crippen LogP contribution in [0.15, 0.2) is 0 Å². The average molecular weight is 290 g/mol. The number of piperazine rings is 1. The molecule has 1 saturated heterocycles. The third kappa shape index (κ3) is 4.07. The fraction of sp³-hybridized carbons (Fsp3) is 0.929. The third-order valence-corrected chi connectivity index (χ3v) is 4.47. The predicted octanol–water partition coefficient (Wildman–Crippen LogP) is 1.48. The molecule has 4 nitrogen and oxygen atoms in total. The first-order valence-corrected chi connectivity index (χ1v) is 7.38. The molecule has 2 aliphatic rings. The Hall–Kier alpha value is -0.320. The maximum atomic E-state index is 12.1. The molecule has 1 atom stereocenters. The van der Waals surface area contributed by atoms with E-state index in [4.69, 9.17) is 5.73 Å². The van der Waals surface area contributed by atoms with E-state index >= 15 is 0 Å². The van der Waals surface area contributed by atoms with Crippen LogP contribution in [0, 0.1) is 5.92 Å². The summed E-state index contributed by atoms with van der Waals surface area (Å²) in [6, 6.07) is 0.448. The first-order chi connectivity index (χ1) is 8.59. The van der Waals surface area contributed by atoms with Crippen LogP contribution >= 0.6 is 12.4 Å². The Kier molecular flexibility index (Phi) is 6.57. The lowest BCUT2D eigenvalue weighted by molar-refractivity contribution is -0.135. The van der Waals surface area contributed by atoms with Crippen LogP contribution < -0.4 is 5.73 Å². The Bertz CT molecular complexity index is 284. The van der Waals surface area contributed by atoms with E-state index in [-0.39, 0.29) is 30.3 Å². The van der Waals surface area contributed by atoms with Gasteiger partial charge in [-0.1, -0.05) is 26.7 Å². The molecule has 5 heteroatoms. The Morgan fingerprint density at radius 3 is 2.11 bits per heavy atom. The van der Waals surface area contributed by atoms with Crippen LogP contribution in [0.2, 0.25) is 0 Å². The van der Waals surface area contributed by atoms with E-state index in [2.05, 4.69) is 4.90 Å². The van der Waals surface area contributed by atoms with Crippen LogP contribution in [-0.4, -0.2) is 54.0 Å². The Balaban J connectivity index is 0.00000180. The molecule has 0 aromatic heterocycles. The summed E-state index contributed by atoms with van der Waals surface area (Å²) in [5.41, 5.74) is 5.94. The highest BCUT2D eigenvalue weighted by Crippen LogP contribution is 2.24. The van der Waals surface area contributed by atoms with Crippen molar-refractivity contribution in [3.05, 3.63) is 0 Å². The molecule has 1 saturated carbocycles. The number of hydrogen-bond donors (Lipinski definition) is 1. The van der Waals surface area contributed by atoms with E-state index < -0.39 is 0 Å². The number of carbonyl (C=O) groups is 1. The van der Waals surface area contributed by atoms with Crippen molar-refractivity contribution < 1.29 is 4.79 Å². The lowest BCUT2D eigenvalue weighted by atomic mass is 10.0. The molecule has 1 heterocycles. The van der Waals surface area contributed by atoms with Crippen molar-refractivity contribution in [3.63, 3.8) is 0 Å². The number of nitrogens with two attached hydrogens (primary N) is 1. The molecule has 2 N–H and O–H groups in total. The third-order valence-electron chi connectivity index (χ3n) is 4.47. The van der Waals surface area contributed by atoms with E-state index in [0.29, 0.717) is 0 Å². The first kappa shape index (κ1) is 16.7. The molecule has 2 rings (SSSR count). The van der Waals surface area contributed by atoms with Gasteiger partial charge in [0.2, 0.25) is 5.91 Å². The summed E-state index contributed by atoms with van der Waals surface area (Å²) in [7, 11) is 0. The van der Waals surface area contributed by atoms with Crippen molar-refractivity contribution in [2.24, 2.45) is 11.7 Å². The maximum absolute atomic E-state index is 12.1. The number of nitrogens with zero attached hydrogens (tertiary/aromatic N) is 2. The normalized spacial score (nSPS) is 23.5. The highest BCUT2D eigenvalue weighted by Gasteiger charge is 2.30. The molecule has 1 amide bonds. The molecule has 2 fully saturated rings. The summed E-state index contributed by atoms with van der Waals surface area (Å²) in [5, 5.41) is 0. The number of carbonyl (C=O) groups excluding carboxylic acids is 1. The van der Waals surface area contributed by atoms with Crippen molar-refractivity contribution >= 4 is 18.3 Å². The van der Waals surface area contributed by atoms with Crippen LogP contribution in [0.5, 0.6) is 0 Å². The summed E-state index contributed by atoms with van der Waals surface area (Å²) in [6.45, 7) is 7.79. The zero-order valence-corrected chi connectivity index (χ0v) is 13.0. The van der Waals surface area contributed by atoms with Gasteiger partial charge in [0.05, 0.1) is 6.04 Å². The van der Waals surface area contributed by atoms with E-state index in [9.17, 15) is 4.79 Å². The summed E-state index contributed by atoms with van der Waals surface area (Å²) >= 11 is 0. The second-order valence-corrected chi connectivity index (χ2v) is 6.07. The summed E-state index contributed by atoms with van der Waals surface area (Å²) in [5.74, 6) is 0.362. The van der Waals surface area contributed by atoms with Crippen LogP contribution in [0.4, 0.5) is 0 Å². The molecular weight excluding hydrogens is 262 g/mol. The van der Waals surface area contributed by atoms with Crippen LogP contribution in [0.3, 0.4) is 0 Å². The highest BCUT2D eigenvalue weighted by molar-refractivity contribution is 5.85. The fourth-order valence-electron chi connectivity index (χ4n) is 3.07. The van der Waals surface area contributed by atoms with Gasteiger partial charge in [0.1, 0.15) is 0 Å². The van der Waals surface area contributed by atoms with E-state index in [0.717, 1.165) is 32.2 Å². The Morgan fingerprint density at radius 1 is 1.11 bits per heavy atom. The Morgan fingerprint density at radius 2 is 1.63 bits per heavy atom. The standard InChI is InChI=1S/C14H27N3O.ClH/c1-11(2)13(15)14(18)17-9-7-16(8-10-17)12-5-3-4-6-12;/h11-13H,3-10,15H2,1-2H3;1H/t13-;/m0./s1. The van der Waals surface area contributed by atoms with Gasteiger partial charge in [-0.15, -0.1) is 12.4 Å². The number of rotatable bonds is 3. The summed E-state index contributed by atoms with van der Waals surface area (Å²) < 4.78 is 0. The lowest BCUT2D eigenvalue weighted by Crippen LogP contribution is -2.55. The molecule has 0 radical (unpaired) electrons. The summed E-state index contributed by atoms with van der Waals surface area (Å²) in [6.07, 6.45) is 5.45. The molecular formula is C14H28ClN3O. The van der Waals surface area contributed by atoms with Gasteiger partial charge >= 0.3 is 0 Å². The SMILES string of the molecule is CC(C)[C@H](N)C(=O)N1CCN(C2CCCC2)CC1.Cl. The number of halogens is 1. The van der Waals surface area contributed by atoms with E-state index in [1.54, 1.807) is 0 Å². The average Bonchev–Trinajstić information content (AvgIpc) is 2.91. The summed E-state index contributed by atoms with van der Waals surface area (Å²) in [4.78, 5) is 16.7. The van der Waals surface area contributed by atoms with Crippen molar-refractivity contribution in [1.29, 1.82) is 0 Å². The topological polar surface area (TPSA) is 49.6 Å². The van der Waals surface area contributed by atoms with E-state index in [1.807, 2.05) is 18.7 Å². The largest absolute Gasteiger partial charge is 0.339 e. The molecule has 0 aromatic rings. The zero-order chi connectivity index (χ0) is 13.1. The predicted molar refractivity (Wildman–Crippen MR) is 80.5 cm³/mol. The quantitative estimate of drug-likeness (QED) is 0.856. The fourth-order valence-corrected chi connectivity index (χ4v) is 3.07. The van der Waals surface area contributed by atoms with Gasteiger partial charge in [0.15, 0.2) is 0 Å². The molecule has 0 bridgehead atoms. The minimum absolute atomic E-state index is 0. The van der Waals surface area contributed by atoms with Gasteiger partial charge < -0.3 is 10.6 Å². The zero-order valence-electron chi connectivity index (χ0n) is 12.2. The van der Waals surface area contributed by atoms with E-state index in [1.165, 1.54) is 25.7 Å². The minimum atomic E-state index is -0.331. The van der Waals surface area contributed by atoms with Gasteiger partial charge in [0.25, 0.3) is 0 Å². The monoisotopic (exact) mass is 289 g/mol.